The number of anilines is 2. The van der Waals surface area contributed by atoms with Crippen LogP contribution in [0.2, 0.25) is 0 Å². The summed E-state index contributed by atoms with van der Waals surface area (Å²) >= 11 is 0. The molecule has 19 nitrogen and oxygen atoms in total. The topological polar surface area (TPSA) is 200 Å². The van der Waals surface area contributed by atoms with Crippen LogP contribution in [0.15, 0.2) is 132 Å². The number of nitrogens with one attached hydrogen (secondary N) is 2. The molecule has 0 atom stereocenters. The third-order valence-electron chi connectivity index (χ3n) is 15.7. The third-order valence-corrected chi connectivity index (χ3v) is 18.9. The van der Waals surface area contributed by atoms with Gasteiger partial charge in [0.05, 0.1) is 38.1 Å². The smallest absolute Gasteiger partial charge is 0.242 e. The number of benzene rings is 5. The number of aryl methyl sites for hydroxylation is 2. The summed E-state index contributed by atoms with van der Waals surface area (Å²) in [6.45, 7) is 7.78. The Labute approximate surface area is 482 Å². The van der Waals surface area contributed by atoms with Gasteiger partial charge in [-0.1, -0.05) is 30.3 Å². The number of hydrogen-bond donors (Lipinski definition) is 2. The van der Waals surface area contributed by atoms with Gasteiger partial charge in [-0.25, -0.2) is 73.3 Å². The maximum Gasteiger partial charge on any atom is 0.242 e. The molecule has 2 aliphatic heterocycles. The highest BCUT2D eigenvalue weighted by Gasteiger charge is 2.27. The lowest BCUT2D eigenvalue weighted by atomic mass is 10.1. The molecule has 0 spiro atoms. The molecule has 13 rings (SSSR count). The standard InChI is InChI=1S/C25H28F2N6O2S.C24H26F2N6O2S.C10H7N3/c1-30(2)36(34,35)18-5-7-22-19(15-18)23-24(31(22)3)25(29-16-28-23)33-12-10-32(11-13-33)9-8-17-4-6-20(26)21(27)14-17;1-27-35(33,34)17-4-6-21-18(14-17)22-23(30(21)2)24(29-15-28-22)32-11-9-31(10-12-32)8-7-16-3-5-19(25)20(26)13-16;1-2-4-8-7(3-1)10-9(13-8)5-11-6-12-10/h4-7,14-16H,8-13H2,1-3H3;3-6,13-15,27H,7-12H2,1-2H3;1-6,13H. The Morgan fingerprint density at radius 2 is 1.02 bits per heavy atom. The summed E-state index contributed by atoms with van der Waals surface area (Å²) in [5.41, 5.74) is 9.55. The summed E-state index contributed by atoms with van der Waals surface area (Å²) in [6, 6.07) is 26.4. The van der Waals surface area contributed by atoms with Crippen molar-refractivity contribution in [3.8, 4) is 0 Å². The highest BCUT2D eigenvalue weighted by Crippen LogP contribution is 2.36. The minimum atomic E-state index is -3.57. The van der Waals surface area contributed by atoms with Crippen molar-refractivity contribution in [2.24, 2.45) is 14.1 Å². The van der Waals surface area contributed by atoms with E-state index in [0.717, 1.165) is 143 Å². The van der Waals surface area contributed by atoms with E-state index in [1.807, 2.05) is 47.5 Å². The Hall–Kier alpha value is -8.20. The number of fused-ring (bicyclic) bond motifs is 9. The van der Waals surface area contributed by atoms with Crippen molar-refractivity contribution < 1.29 is 34.4 Å². The molecule has 2 saturated heterocycles. The van der Waals surface area contributed by atoms with Crippen LogP contribution in [-0.2, 0) is 47.0 Å². The second-order valence-corrected chi connectivity index (χ2v) is 24.9. The monoisotopic (exact) mass is 1180 g/mol. The number of piperazine rings is 2. The number of H-pyrrole nitrogens is 1. The van der Waals surface area contributed by atoms with Crippen molar-refractivity contribution in [1.29, 1.82) is 0 Å². The minimum absolute atomic E-state index is 0.190. The Balaban J connectivity index is 0.000000144. The lowest BCUT2D eigenvalue weighted by Gasteiger charge is -2.35. The Bertz CT molecular complexity index is 4440. The first-order valence-electron chi connectivity index (χ1n) is 27.2. The van der Waals surface area contributed by atoms with Gasteiger partial charge in [0, 0.05) is 115 Å². The molecule has 0 unspecified atom stereocenters. The largest absolute Gasteiger partial charge is 0.352 e. The van der Waals surface area contributed by atoms with Crippen LogP contribution < -0.4 is 14.5 Å². The van der Waals surface area contributed by atoms with E-state index in [-0.39, 0.29) is 9.79 Å². The number of sulfonamides is 2. The minimum Gasteiger partial charge on any atom is -0.352 e. The van der Waals surface area contributed by atoms with E-state index in [4.69, 9.17) is 0 Å². The van der Waals surface area contributed by atoms with Crippen LogP contribution in [0.1, 0.15) is 11.1 Å². The lowest BCUT2D eigenvalue weighted by Crippen LogP contribution is -2.47. The maximum atomic E-state index is 13.5. The second kappa shape index (κ2) is 23.8. The highest BCUT2D eigenvalue weighted by molar-refractivity contribution is 7.89. The van der Waals surface area contributed by atoms with Crippen LogP contribution in [-0.4, -0.2) is 162 Å². The zero-order valence-electron chi connectivity index (χ0n) is 46.8. The van der Waals surface area contributed by atoms with Gasteiger partial charge in [0.2, 0.25) is 20.0 Å². The van der Waals surface area contributed by atoms with Gasteiger partial charge in [-0.2, -0.15) is 0 Å². The highest BCUT2D eigenvalue weighted by atomic mass is 32.2. The van der Waals surface area contributed by atoms with Crippen LogP contribution in [0, 0.1) is 23.3 Å². The van der Waals surface area contributed by atoms with Crippen molar-refractivity contribution in [2.45, 2.75) is 22.6 Å². The summed E-state index contributed by atoms with van der Waals surface area (Å²) in [6.07, 6.45) is 7.71. The van der Waals surface area contributed by atoms with Gasteiger partial charge in [0.15, 0.2) is 34.9 Å². The fourth-order valence-electron chi connectivity index (χ4n) is 11.0. The molecule has 436 valence electrons. The number of aromatic amines is 1. The van der Waals surface area contributed by atoms with E-state index < -0.39 is 43.3 Å². The molecule has 84 heavy (non-hydrogen) atoms. The van der Waals surface area contributed by atoms with E-state index in [1.165, 1.54) is 62.4 Å². The number of hydrogen-bond acceptors (Lipinski definition) is 14. The van der Waals surface area contributed by atoms with Crippen LogP contribution in [0.5, 0.6) is 0 Å². The lowest BCUT2D eigenvalue weighted by molar-refractivity contribution is 0.260. The predicted octanol–water partition coefficient (Wildman–Crippen LogP) is 7.80. The average molecular weight is 1180 g/mol. The summed E-state index contributed by atoms with van der Waals surface area (Å²) in [7, 11) is 1.15. The van der Waals surface area contributed by atoms with E-state index in [0.29, 0.717) is 23.9 Å². The maximum absolute atomic E-state index is 13.5. The van der Waals surface area contributed by atoms with Crippen LogP contribution >= 0.6 is 0 Å². The Morgan fingerprint density at radius 1 is 0.536 bits per heavy atom. The van der Waals surface area contributed by atoms with Crippen molar-refractivity contribution in [1.82, 2.24) is 62.8 Å². The van der Waals surface area contributed by atoms with Crippen molar-refractivity contribution >= 4 is 97.5 Å². The molecule has 8 heterocycles. The average Bonchev–Trinajstić information content (AvgIpc) is 2.69. The number of rotatable bonds is 12. The molecule has 2 aliphatic rings. The van der Waals surface area contributed by atoms with E-state index in [9.17, 15) is 34.4 Å². The van der Waals surface area contributed by atoms with E-state index in [1.54, 1.807) is 55.0 Å². The first kappa shape index (κ1) is 57.6. The quantitative estimate of drug-likeness (QED) is 0.112. The van der Waals surface area contributed by atoms with Crippen molar-refractivity contribution in [3.05, 3.63) is 157 Å². The number of aromatic nitrogens is 9. The van der Waals surface area contributed by atoms with Crippen LogP contribution in [0.4, 0.5) is 29.2 Å². The Kier molecular flexibility index (Phi) is 16.3. The normalized spacial score (nSPS) is 14.7. The van der Waals surface area contributed by atoms with Crippen LogP contribution in [0.3, 0.4) is 0 Å². The second-order valence-electron chi connectivity index (χ2n) is 20.9. The summed E-state index contributed by atoms with van der Waals surface area (Å²) < 4.78 is 111. The number of halogens is 4. The summed E-state index contributed by atoms with van der Waals surface area (Å²) in [5.74, 6) is -1.65. The summed E-state index contributed by atoms with van der Waals surface area (Å²) in [4.78, 5) is 39.1. The molecule has 2 fully saturated rings. The molecule has 0 radical (unpaired) electrons. The van der Waals surface area contributed by atoms with Gasteiger partial charge in [-0.05, 0) is 97.7 Å². The molecule has 0 aliphatic carbocycles. The third kappa shape index (κ3) is 11.5. The van der Waals surface area contributed by atoms with Gasteiger partial charge < -0.3 is 23.9 Å². The molecule has 0 bridgehead atoms. The molecule has 5 aromatic carbocycles. The number of nitrogens with zero attached hydrogens (tertiary/aromatic N) is 13. The molecule has 0 amide bonds. The fraction of sp³-hybridized carbons (Fsp3) is 0.288. The zero-order valence-corrected chi connectivity index (χ0v) is 48.4. The summed E-state index contributed by atoms with van der Waals surface area (Å²) in [5, 5.41) is 2.68. The molecule has 6 aromatic heterocycles. The van der Waals surface area contributed by atoms with E-state index >= 15 is 0 Å². The molecule has 25 heteroatoms. The van der Waals surface area contributed by atoms with Crippen molar-refractivity contribution in [2.75, 3.05) is 96.4 Å². The van der Waals surface area contributed by atoms with Gasteiger partial charge in [0.1, 0.15) is 41.0 Å². The van der Waals surface area contributed by atoms with Gasteiger partial charge >= 0.3 is 0 Å². The van der Waals surface area contributed by atoms with Gasteiger partial charge in [-0.3, -0.25) is 9.80 Å². The molecule has 11 aromatic rings. The van der Waals surface area contributed by atoms with E-state index in [2.05, 4.69) is 65.3 Å². The SMILES string of the molecule is CN(C)S(=O)(=O)c1ccc2c(c1)c1ncnc(N3CCN(CCc4ccc(F)c(F)c4)CC3)c1n2C.CNS(=O)(=O)c1ccc2c(c1)c1ncnc(N3CCN(CCc4ccc(F)c(F)c4)CC3)c1n2C.c1ccc2c(c1)[nH]c1cncnc12. The molecular formula is C59H61F4N15O4S2. The molecule has 0 saturated carbocycles. The van der Waals surface area contributed by atoms with Crippen molar-refractivity contribution in [3.63, 3.8) is 0 Å². The number of para-hydroxylation sites is 1. The fourth-order valence-corrected chi connectivity index (χ4v) is 12.7. The zero-order chi connectivity index (χ0) is 59.0. The predicted molar refractivity (Wildman–Crippen MR) is 318 cm³/mol. The molecular weight excluding hydrogens is 1120 g/mol. The van der Waals surface area contributed by atoms with Gasteiger partial charge in [-0.15, -0.1) is 0 Å². The first-order valence-corrected chi connectivity index (χ1v) is 30.1. The van der Waals surface area contributed by atoms with Crippen LogP contribution in [0.25, 0.3) is 65.8 Å². The first-order chi connectivity index (χ1) is 40.4. The Morgan fingerprint density at radius 3 is 1.52 bits per heavy atom. The van der Waals surface area contributed by atoms with Gasteiger partial charge in [0.25, 0.3) is 0 Å². The molecule has 2 N–H and O–H groups in total.